The van der Waals surface area contributed by atoms with Gasteiger partial charge in [0.05, 0.1) is 33.0 Å². The van der Waals surface area contributed by atoms with Crippen molar-refractivity contribution in [2.75, 3.05) is 66.7 Å². The third kappa shape index (κ3) is 11.0. The highest BCUT2D eigenvalue weighted by Crippen LogP contribution is 2.39. The van der Waals surface area contributed by atoms with Crippen LogP contribution in [0.3, 0.4) is 0 Å². The van der Waals surface area contributed by atoms with Crippen molar-refractivity contribution in [1.29, 1.82) is 0 Å². The predicted octanol–water partition coefficient (Wildman–Crippen LogP) is 3.89. The molecule has 0 aliphatic carbocycles. The summed E-state index contributed by atoms with van der Waals surface area (Å²) in [4.78, 5) is 30.1. The number of halogens is 1. The van der Waals surface area contributed by atoms with Gasteiger partial charge in [-0.05, 0) is 63.7 Å². The van der Waals surface area contributed by atoms with Crippen molar-refractivity contribution in [2.24, 2.45) is 0 Å². The Bertz CT molecular complexity index is 947. The minimum absolute atomic E-state index is 0.00899. The van der Waals surface area contributed by atoms with Crippen molar-refractivity contribution >= 4 is 30.4 Å². The SMILES string of the molecule is COc1cc2cc(c1OC)OCCCC(OC(=O)CCC(F)(P)P)CCN1CCCN(CCCOC2=O)CC1. The molecule has 5 unspecified atom stereocenters. The Kier molecular flexibility index (Phi) is 13.0. The normalized spacial score (nSPS) is 23.7. The van der Waals surface area contributed by atoms with E-state index < -0.39 is 17.1 Å². The van der Waals surface area contributed by atoms with E-state index >= 15 is 0 Å². The molecule has 1 saturated heterocycles. The molecule has 1 fully saturated rings. The number of nitrogens with zero attached hydrogens (tertiary/aromatic N) is 2. The van der Waals surface area contributed by atoms with Crippen molar-refractivity contribution in [3.8, 4) is 17.2 Å². The van der Waals surface area contributed by atoms with Crippen LogP contribution in [0.15, 0.2) is 12.1 Å². The average molecular weight is 589 g/mol. The van der Waals surface area contributed by atoms with E-state index in [-0.39, 0.29) is 18.9 Å². The Balaban J connectivity index is 1.74. The second kappa shape index (κ2) is 15.9. The number of methoxy groups -OCH3 is 2. The zero-order valence-corrected chi connectivity index (χ0v) is 25.4. The molecule has 0 aromatic heterocycles. The second-order valence-corrected chi connectivity index (χ2v) is 12.6. The van der Waals surface area contributed by atoms with Gasteiger partial charge in [-0.1, -0.05) is 18.5 Å². The summed E-state index contributed by atoms with van der Waals surface area (Å²) in [6.45, 7) is 6.15. The van der Waals surface area contributed by atoms with Crippen molar-refractivity contribution in [3.05, 3.63) is 17.7 Å². The number of hydrogen-bond donors (Lipinski definition) is 0. The molecule has 5 atom stereocenters. The molecule has 2 heterocycles. The standard InChI is InChI=1S/C27H43FN2O7P2/c1-33-22-18-20-19-23(25(22)34-2)35-16-3-6-21(37-24(31)7-9-27(28,38)39)8-13-30-11-4-10-29(14-15-30)12-5-17-36-26(20)32/h18-19,21H,3-17,38-39H2,1-2H3. The molecule has 2 aliphatic heterocycles. The van der Waals surface area contributed by atoms with Crippen LogP contribution in [0, 0.1) is 0 Å². The number of rotatable bonds is 6. The maximum Gasteiger partial charge on any atom is 0.338 e. The van der Waals surface area contributed by atoms with Gasteiger partial charge >= 0.3 is 11.9 Å². The van der Waals surface area contributed by atoms with Crippen LogP contribution >= 0.6 is 18.5 Å². The molecule has 0 radical (unpaired) electrons. The van der Waals surface area contributed by atoms with Gasteiger partial charge in [0.2, 0.25) is 5.75 Å². The quantitative estimate of drug-likeness (QED) is 0.363. The smallest absolute Gasteiger partial charge is 0.338 e. The van der Waals surface area contributed by atoms with Gasteiger partial charge < -0.3 is 33.5 Å². The van der Waals surface area contributed by atoms with Crippen LogP contribution in [0.2, 0.25) is 0 Å². The number of hydrogen-bond acceptors (Lipinski definition) is 9. The summed E-state index contributed by atoms with van der Waals surface area (Å²) in [7, 11) is 7.19. The number of carbonyl (C=O) groups is 2. The summed E-state index contributed by atoms with van der Waals surface area (Å²) in [6.07, 6.45) is 3.45. The fourth-order valence-electron chi connectivity index (χ4n) is 4.78. The summed E-state index contributed by atoms with van der Waals surface area (Å²) in [5.41, 5.74) is 0.324. The van der Waals surface area contributed by atoms with Crippen molar-refractivity contribution in [2.45, 2.75) is 56.2 Å². The summed E-state index contributed by atoms with van der Waals surface area (Å²) in [5.74, 6) is 0.301. The highest BCUT2D eigenvalue weighted by Gasteiger charge is 2.23. The summed E-state index contributed by atoms with van der Waals surface area (Å²) in [6, 6.07) is 3.19. The first-order valence-electron chi connectivity index (χ1n) is 13.7. The summed E-state index contributed by atoms with van der Waals surface area (Å²) < 4.78 is 42.1. The van der Waals surface area contributed by atoms with E-state index in [1.807, 2.05) is 0 Å². The number of fused-ring (bicyclic) bond motifs is 5. The van der Waals surface area contributed by atoms with Gasteiger partial charge in [0.15, 0.2) is 11.5 Å². The van der Waals surface area contributed by atoms with Gasteiger partial charge in [0.25, 0.3) is 0 Å². The van der Waals surface area contributed by atoms with Crippen LogP contribution in [0.5, 0.6) is 17.2 Å². The minimum Gasteiger partial charge on any atom is -0.493 e. The highest BCUT2D eigenvalue weighted by atomic mass is 31.1. The van der Waals surface area contributed by atoms with Crippen molar-refractivity contribution in [1.82, 2.24) is 9.80 Å². The molecule has 220 valence electrons. The Hall–Kier alpha value is -1.73. The fraction of sp³-hybridized carbons (Fsp3) is 0.704. The number of alkyl halides is 1. The molecule has 0 N–H and O–H groups in total. The second-order valence-electron chi connectivity index (χ2n) is 10.1. The first-order chi connectivity index (χ1) is 18.7. The molecular formula is C27H43FN2O7P2. The van der Waals surface area contributed by atoms with Crippen LogP contribution in [0.4, 0.5) is 4.39 Å². The summed E-state index contributed by atoms with van der Waals surface area (Å²) in [5, 5.41) is -1.58. The maximum absolute atomic E-state index is 13.9. The number of benzene rings is 1. The Morgan fingerprint density at radius 1 is 0.974 bits per heavy atom. The van der Waals surface area contributed by atoms with E-state index in [4.69, 9.17) is 23.7 Å². The predicted molar refractivity (Wildman–Crippen MR) is 154 cm³/mol. The van der Waals surface area contributed by atoms with Crippen molar-refractivity contribution in [3.63, 3.8) is 0 Å². The van der Waals surface area contributed by atoms with E-state index in [1.54, 1.807) is 12.1 Å². The van der Waals surface area contributed by atoms with Crippen LogP contribution in [-0.2, 0) is 14.3 Å². The highest BCUT2D eigenvalue weighted by molar-refractivity contribution is 7.39. The molecule has 4 bridgehead atoms. The van der Waals surface area contributed by atoms with Crippen LogP contribution < -0.4 is 14.2 Å². The molecule has 1 aromatic carbocycles. The minimum atomic E-state index is -1.58. The van der Waals surface area contributed by atoms with Crippen LogP contribution in [0.1, 0.15) is 55.3 Å². The van der Waals surface area contributed by atoms with Crippen LogP contribution in [0.25, 0.3) is 0 Å². The third-order valence-electron chi connectivity index (χ3n) is 6.92. The largest absolute Gasteiger partial charge is 0.493 e. The number of cyclic esters (lactones) is 1. The van der Waals surface area contributed by atoms with Gasteiger partial charge in [-0.15, -0.1) is 0 Å². The van der Waals surface area contributed by atoms with Crippen LogP contribution in [-0.4, -0.2) is 99.7 Å². The average Bonchev–Trinajstić information content (AvgIpc) is 3.14. The van der Waals surface area contributed by atoms with Crippen molar-refractivity contribution < 1.29 is 37.7 Å². The Morgan fingerprint density at radius 2 is 1.67 bits per heavy atom. The van der Waals surface area contributed by atoms with E-state index in [0.717, 1.165) is 52.1 Å². The van der Waals surface area contributed by atoms with Gasteiger partial charge in [0.1, 0.15) is 11.3 Å². The lowest BCUT2D eigenvalue weighted by Gasteiger charge is -2.25. The molecule has 1 aromatic rings. The molecule has 0 amide bonds. The molecular weight excluding hydrogens is 545 g/mol. The molecule has 12 heteroatoms. The van der Waals surface area contributed by atoms with E-state index in [1.165, 1.54) is 14.2 Å². The monoisotopic (exact) mass is 588 g/mol. The first kappa shape index (κ1) is 31.8. The topological polar surface area (TPSA) is 86.8 Å². The molecule has 39 heavy (non-hydrogen) atoms. The van der Waals surface area contributed by atoms with E-state index in [0.29, 0.717) is 55.3 Å². The molecule has 3 rings (SSSR count). The summed E-state index contributed by atoms with van der Waals surface area (Å²) >= 11 is 0. The lowest BCUT2D eigenvalue weighted by Crippen LogP contribution is -2.34. The first-order valence-corrected chi connectivity index (χ1v) is 14.8. The number of carbonyl (C=O) groups excluding carboxylic acids is 2. The molecule has 2 aliphatic rings. The zero-order valence-electron chi connectivity index (χ0n) is 23.1. The van der Waals surface area contributed by atoms with Gasteiger partial charge in [0, 0.05) is 32.6 Å². The third-order valence-corrected chi connectivity index (χ3v) is 7.50. The Labute approximate surface area is 235 Å². The van der Waals surface area contributed by atoms with Gasteiger partial charge in [-0.2, -0.15) is 0 Å². The van der Waals surface area contributed by atoms with Gasteiger partial charge in [-0.25, -0.2) is 9.18 Å². The molecule has 0 spiro atoms. The molecule has 0 saturated carbocycles. The van der Waals surface area contributed by atoms with E-state index in [9.17, 15) is 14.0 Å². The lowest BCUT2D eigenvalue weighted by atomic mass is 10.1. The van der Waals surface area contributed by atoms with E-state index in [2.05, 4.69) is 28.3 Å². The molecule has 9 nitrogen and oxygen atoms in total. The lowest BCUT2D eigenvalue weighted by molar-refractivity contribution is -0.150. The number of esters is 2. The maximum atomic E-state index is 13.9. The van der Waals surface area contributed by atoms with Gasteiger partial charge in [-0.3, -0.25) is 4.79 Å². The number of ether oxygens (including phenoxy) is 5. The zero-order chi connectivity index (χ0) is 28.3. The fourth-order valence-corrected chi connectivity index (χ4v) is 5.07. The Morgan fingerprint density at radius 3 is 2.36 bits per heavy atom.